The van der Waals surface area contributed by atoms with E-state index in [-0.39, 0.29) is 6.61 Å². The summed E-state index contributed by atoms with van der Waals surface area (Å²) in [6, 6.07) is 2.54. The molecule has 0 radical (unpaired) electrons. The van der Waals surface area contributed by atoms with Gasteiger partial charge in [-0.15, -0.1) is 0 Å². The summed E-state index contributed by atoms with van der Waals surface area (Å²) >= 11 is 0. The van der Waals surface area contributed by atoms with Gasteiger partial charge in [-0.05, 0) is 50.3 Å². The van der Waals surface area contributed by atoms with E-state index in [0.717, 1.165) is 38.2 Å². The van der Waals surface area contributed by atoms with Crippen molar-refractivity contribution >= 4 is 0 Å². The van der Waals surface area contributed by atoms with Gasteiger partial charge in [-0.2, -0.15) is 0 Å². The van der Waals surface area contributed by atoms with Crippen LogP contribution in [0, 0.1) is 0 Å². The van der Waals surface area contributed by atoms with Gasteiger partial charge in [0.2, 0.25) is 0 Å². The quantitative estimate of drug-likeness (QED) is 0.721. The smallest absolute Gasteiger partial charge is 0.137 e. The zero-order chi connectivity index (χ0) is 12.6. The zero-order valence-electron chi connectivity index (χ0n) is 10.8. The van der Waals surface area contributed by atoms with Gasteiger partial charge in [0.15, 0.2) is 0 Å². The van der Waals surface area contributed by atoms with Gasteiger partial charge in [-0.25, -0.2) is 0 Å². The van der Waals surface area contributed by atoms with Gasteiger partial charge in [0.1, 0.15) is 12.4 Å². The number of pyridine rings is 1. The second kappa shape index (κ2) is 7.34. The van der Waals surface area contributed by atoms with Gasteiger partial charge in [0, 0.05) is 18.8 Å². The second-order valence-electron chi connectivity index (χ2n) is 4.81. The molecule has 1 aliphatic heterocycles. The Balaban J connectivity index is 1.78. The SMILES string of the molecule is OCCCCc1cncc(OCC2CCCN2)c1. The van der Waals surface area contributed by atoms with E-state index in [1.165, 1.54) is 18.4 Å². The molecular formula is C14H22N2O2. The molecule has 2 rings (SSSR count). The fraction of sp³-hybridized carbons (Fsp3) is 0.643. The molecule has 100 valence electrons. The topological polar surface area (TPSA) is 54.4 Å². The Kier molecular flexibility index (Phi) is 5.42. The van der Waals surface area contributed by atoms with Crippen LogP contribution in [0.25, 0.3) is 0 Å². The van der Waals surface area contributed by atoms with Gasteiger partial charge < -0.3 is 15.2 Å². The monoisotopic (exact) mass is 250 g/mol. The molecule has 0 aliphatic carbocycles. The minimum absolute atomic E-state index is 0.261. The summed E-state index contributed by atoms with van der Waals surface area (Å²) in [6.45, 7) is 2.09. The molecule has 0 aromatic carbocycles. The van der Waals surface area contributed by atoms with Crippen LogP contribution in [0.3, 0.4) is 0 Å². The first-order valence-corrected chi connectivity index (χ1v) is 6.79. The van der Waals surface area contributed by atoms with Crippen molar-refractivity contribution in [3.8, 4) is 5.75 Å². The van der Waals surface area contributed by atoms with E-state index in [2.05, 4.69) is 16.4 Å². The number of unbranched alkanes of at least 4 members (excludes halogenated alkanes) is 1. The molecule has 1 fully saturated rings. The van der Waals surface area contributed by atoms with Gasteiger partial charge in [0.05, 0.1) is 6.20 Å². The molecule has 1 aromatic heterocycles. The third kappa shape index (κ3) is 4.27. The summed E-state index contributed by atoms with van der Waals surface area (Å²) in [4.78, 5) is 4.20. The lowest BCUT2D eigenvalue weighted by Gasteiger charge is -2.12. The van der Waals surface area contributed by atoms with Crippen LogP contribution < -0.4 is 10.1 Å². The number of aromatic nitrogens is 1. The molecule has 18 heavy (non-hydrogen) atoms. The third-order valence-electron chi connectivity index (χ3n) is 3.26. The van der Waals surface area contributed by atoms with Crippen LogP contribution in [0.2, 0.25) is 0 Å². The highest BCUT2D eigenvalue weighted by atomic mass is 16.5. The third-order valence-corrected chi connectivity index (χ3v) is 3.26. The maximum Gasteiger partial charge on any atom is 0.137 e. The van der Waals surface area contributed by atoms with E-state index in [1.54, 1.807) is 6.20 Å². The van der Waals surface area contributed by atoms with Crippen molar-refractivity contribution in [2.45, 2.75) is 38.1 Å². The van der Waals surface area contributed by atoms with Gasteiger partial charge in [0.25, 0.3) is 0 Å². The highest BCUT2D eigenvalue weighted by molar-refractivity contribution is 5.23. The molecule has 0 saturated carbocycles. The number of aliphatic hydroxyl groups is 1. The molecule has 1 aromatic rings. The normalized spacial score (nSPS) is 19.1. The van der Waals surface area contributed by atoms with Crippen molar-refractivity contribution in [2.75, 3.05) is 19.8 Å². The van der Waals surface area contributed by atoms with Crippen LogP contribution in [0.15, 0.2) is 18.5 Å². The number of hydrogen-bond acceptors (Lipinski definition) is 4. The molecule has 2 N–H and O–H groups in total. The van der Waals surface area contributed by atoms with Crippen LogP contribution in [0.1, 0.15) is 31.2 Å². The lowest BCUT2D eigenvalue weighted by molar-refractivity contribution is 0.275. The Labute approximate surface area is 108 Å². The number of nitrogens with one attached hydrogen (secondary N) is 1. The first kappa shape index (κ1) is 13.3. The van der Waals surface area contributed by atoms with Crippen molar-refractivity contribution in [1.29, 1.82) is 0 Å². The minimum atomic E-state index is 0.261. The van der Waals surface area contributed by atoms with E-state index in [4.69, 9.17) is 9.84 Å². The summed E-state index contributed by atoms with van der Waals surface area (Å²) in [5.74, 6) is 0.852. The molecule has 1 saturated heterocycles. The van der Waals surface area contributed by atoms with Crippen LogP contribution >= 0.6 is 0 Å². The Hall–Kier alpha value is -1.13. The molecule has 1 atom stereocenters. The molecule has 0 bridgehead atoms. The van der Waals surface area contributed by atoms with Crippen LogP contribution in [0.5, 0.6) is 5.75 Å². The summed E-state index contributed by atoms with van der Waals surface area (Å²) in [7, 11) is 0. The summed E-state index contributed by atoms with van der Waals surface area (Å²) in [5.41, 5.74) is 1.18. The first-order valence-electron chi connectivity index (χ1n) is 6.79. The number of rotatable bonds is 7. The highest BCUT2D eigenvalue weighted by Crippen LogP contribution is 2.15. The minimum Gasteiger partial charge on any atom is -0.490 e. The summed E-state index contributed by atoms with van der Waals surface area (Å²) in [6.07, 6.45) is 8.87. The summed E-state index contributed by atoms with van der Waals surface area (Å²) in [5, 5.41) is 12.2. The fourth-order valence-electron chi connectivity index (χ4n) is 2.22. The summed E-state index contributed by atoms with van der Waals surface area (Å²) < 4.78 is 5.76. The molecule has 4 heteroatoms. The molecular weight excluding hydrogens is 228 g/mol. The Morgan fingerprint density at radius 3 is 3.11 bits per heavy atom. The average molecular weight is 250 g/mol. The Bertz CT molecular complexity index is 351. The number of aliphatic hydroxyl groups excluding tert-OH is 1. The second-order valence-corrected chi connectivity index (χ2v) is 4.81. The van der Waals surface area contributed by atoms with Gasteiger partial charge in [-0.1, -0.05) is 0 Å². The number of nitrogens with zero attached hydrogens (tertiary/aromatic N) is 1. The number of hydrogen-bond donors (Lipinski definition) is 2. The highest BCUT2D eigenvalue weighted by Gasteiger charge is 2.14. The molecule has 1 aliphatic rings. The predicted molar refractivity (Wildman–Crippen MR) is 70.8 cm³/mol. The maximum atomic E-state index is 8.76. The molecule has 1 unspecified atom stereocenters. The first-order chi connectivity index (χ1) is 8.88. The maximum absolute atomic E-state index is 8.76. The Morgan fingerprint density at radius 1 is 1.39 bits per heavy atom. The van der Waals surface area contributed by atoms with Crippen molar-refractivity contribution < 1.29 is 9.84 Å². The predicted octanol–water partition coefficient (Wildman–Crippen LogP) is 1.53. The van der Waals surface area contributed by atoms with E-state index in [9.17, 15) is 0 Å². The Morgan fingerprint density at radius 2 is 2.33 bits per heavy atom. The van der Waals surface area contributed by atoms with E-state index in [0.29, 0.717) is 6.04 Å². The number of aryl methyl sites for hydroxylation is 1. The van der Waals surface area contributed by atoms with Crippen molar-refractivity contribution in [1.82, 2.24) is 10.3 Å². The standard InChI is InChI=1S/C14H22N2O2/c17-7-2-1-4-12-8-14(10-15-9-12)18-11-13-5-3-6-16-13/h8-10,13,16-17H,1-7,11H2. The average Bonchev–Trinajstić information content (AvgIpc) is 2.90. The molecule has 4 nitrogen and oxygen atoms in total. The lowest BCUT2D eigenvalue weighted by Crippen LogP contribution is -2.28. The van der Waals surface area contributed by atoms with E-state index in [1.807, 2.05) is 6.20 Å². The molecule has 0 spiro atoms. The fourth-order valence-corrected chi connectivity index (χ4v) is 2.22. The number of ether oxygens (including phenoxy) is 1. The van der Waals surface area contributed by atoms with Crippen molar-refractivity contribution in [3.05, 3.63) is 24.0 Å². The van der Waals surface area contributed by atoms with Crippen LogP contribution in [0.4, 0.5) is 0 Å². The van der Waals surface area contributed by atoms with Crippen molar-refractivity contribution in [3.63, 3.8) is 0 Å². The van der Waals surface area contributed by atoms with Crippen LogP contribution in [-0.2, 0) is 6.42 Å². The molecule has 0 amide bonds. The van der Waals surface area contributed by atoms with Crippen molar-refractivity contribution in [2.24, 2.45) is 0 Å². The van der Waals surface area contributed by atoms with Crippen LogP contribution in [-0.4, -0.2) is 35.9 Å². The lowest BCUT2D eigenvalue weighted by atomic mass is 10.1. The zero-order valence-corrected chi connectivity index (χ0v) is 10.8. The molecule has 2 heterocycles. The van der Waals surface area contributed by atoms with E-state index < -0.39 is 0 Å². The van der Waals surface area contributed by atoms with Gasteiger partial charge >= 0.3 is 0 Å². The van der Waals surface area contributed by atoms with E-state index >= 15 is 0 Å². The largest absolute Gasteiger partial charge is 0.490 e. The van der Waals surface area contributed by atoms with Gasteiger partial charge in [-0.3, -0.25) is 4.98 Å².